The number of carboxylic acid groups (broad SMARTS) is 1. The third kappa shape index (κ3) is 2.30. The van der Waals surface area contributed by atoms with Gasteiger partial charge in [0.15, 0.2) is 0 Å². The molecular formula is C15H18N2O3. The number of likely N-dealkylation sites (tertiary alicyclic amines) is 1. The van der Waals surface area contributed by atoms with Crippen molar-refractivity contribution in [3.05, 3.63) is 36.0 Å². The molecule has 1 saturated heterocycles. The van der Waals surface area contributed by atoms with Crippen molar-refractivity contribution in [3.8, 4) is 0 Å². The van der Waals surface area contributed by atoms with E-state index >= 15 is 0 Å². The third-order valence-electron chi connectivity index (χ3n) is 4.01. The van der Waals surface area contributed by atoms with Crippen LogP contribution in [0.25, 0.3) is 10.9 Å². The minimum absolute atomic E-state index is 0.302. The van der Waals surface area contributed by atoms with E-state index in [4.69, 9.17) is 0 Å². The molecule has 0 aliphatic carbocycles. The fourth-order valence-electron chi connectivity index (χ4n) is 2.95. The van der Waals surface area contributed by atoms with Crippen LogP contribution >= 0.6 is 0 Å². The van der Waals surface area contributed by atoms with Crippen LogP contribution in [0.15, 0.2) is 30.5 Å². The summed E-state index contributed by atoms with van der Waals surface area (Å²) < 4.78 is 0. The first-order valence-corrected chi connectivity index (χ1v) is 6.88. The number of aromatic amines is 1. The van der Waals surface area contributed by atoms with Crippen LogP contribution in [0.5, 0.6) is 0 Å². The minimum Gasteiger partial charge on any atom is -0.480 e. The molecule has 0 spiro atoms. The van der Waals surface area contributed by atoms with Gasteiger partial charge in [0.25, 0.3) is 0 Å². The number of hydrogen-bond acceptors (Lipinski definition) is 3. The maximum Gasteiger partial charge on any atom is 0.325 e. The van der Waals surface area contributed by atoms with Gasteiger partial charge in [-0.05, 0) is 18.9 Å². The quantitative estimate of drug-likeness (QED) is 0.797. The number of aliphatic hydroxyl groups is 1. The maximum absolute atomic E-state index is 11.7. The molecule has 1 unspecified atom stereocenters. The lowest BCUT2D eigenvalue weighted by Gasteiger charge is -2.33. The highest BCUT2D eigenvalue weighted by Crippen LogP contribution is 2.30. The fourth-order valence-corrected chi connectivity index (χ4v) is 2.95. The Morgan fingerprint density at radius 2 is 2.00 bits per heavy atom. The zero-order valence-electron chi connectivity index (χ0n) is 11.1. The van der Waals surface area contributed by atoms with Gasteiger partial charge in [-0.2, -0.15) is 0 Å². The van der Waals surface area contributed by atoms with Crippen LogP contribution in [0.2, 0.25) is 0 Å². The summed E-state index contributed by atoms with van der Waals surface area (Å²) in [5.41, 5.74) is 1.75. The summed E-state index contributed by atoms with van der Waals surface area (Å²) in [7, 11) is 0. The molecule has 3 rings (SSSR count). The number of carbonyl (C=O) groups is 1. The van der Waals surface area contributed by atoms with Gasteiger partial charge in [-0.1, -0.05) is 18.2 Å². The van der Waals surface area contributed by atoms with E-state index in [0.717, 1.165) is 16.5 Å². The number of aromatic nitrogens is 1. The molecular weight excluding hydrogens is 256 g/mol. The van der Waals surface area contributed by atoms with Crippen molar-refractivity contribution in [2.24, 2.45) is 0 Å². The fraction of sp³-hybridized carbons (Fsp3) is 0.400. The molecule has 0 radical (unpaired) electrons. The molecule has 106 valence electrons. The number of aliphatic hydroxyl groups excluding tert-OH is 1. The van der Waals surface area contributed by atoms with Crippen LogP contribution in [-0.2, 0) is 4.79 Å². The molecule has 0 amide bonds. The van der Waals surface area contributed by atoms with Crippen molar-refractivity contribution in [2.45, 2.75) is 25.0 Å². The molecule has 0 bridgehead atoms. The van der Waals surface area contributed by atoms with Crippen LogP contribution in [-0.4, -0.2) is 45.3 Å². The molecule has 1 atom stereocenters. The zero-order valence-corrected chi connectivity index (χ0v) is 11.1. The van der Waals surface area contributed by atoms with Gasteiger partial charge in [0.1, 0.15) is 6.04 Å². The molecule has 3 N–H and O–H groups in total. The Bertz CT molecular complexity index is 614. The van der Waals surface area contributed by atoms with Crippen molar-refractivity contribution >= 4 is 16.9 Å². The number of fused-ring (bicyclic) bond motifs is 1. The van der Waals surface area contributed by atoms with E-state index in [1.54, 1.807) is 6.20 Å². The third-order valence-corrected chi connectivity index (χ3v) is 4.01. The first-order chi connectivity index (χ1) is 9.66. The van der Waals surface area contributed by atoms with Crippen molar-refractivity contribution in [2.75, 3.05) is 13.1 Å². The van der Waals surface area contributed by atoms with Crippen LogP contribution in [0, 0.1) is 0 Å². The zero-order chi connectivity index (χ0) is 14.1. The number of aliphatic carboxylic acids is 1. The van der Waals surface area contributed by atoms with Gasteiger partial charge < -0.3 is 15.2 Å². The summed E-state index contributed by atoms with van der Waals surface area (Å²) in [6.07, 6.45) is 2.75. The second kappa shape index (κ2) is 5.26. The van der Waals surface area contributed by atoms with Crippen LogP contribution in [0.3, 0.4) is 0 Å². The van der Waals surface area contributed by atoms with E-state index in [2.05, 4.69) is 4.98 Å². The first-order valence-electron chi connectivity index (χ1n) is 6.88. The van der Waals surface area contributed by atoms with E-state index in [1.165, 1.54) is 0 Å². The van der Waals surface area contributed by atoms with Crippen LogP contribution in [0.1, 0.15) is 24.4 Å². The van der Waals surface area contributed by atoms with Gasteiger partial charge >= 0.3 is 5.97 Å². The van der Waals surface area contributed by atoms with Crippen LogP contribution < -0.4 is 0 Å². The molecule has 2 heterocycles. The lowest BCUT2D eigenvalue weighted by atomic mass is 10.00. The number of para-hydroxylation sites is 1. The van der Waals surface area contributed by atoms with Gasteiger partial charge in [-0.15, -0.1) is 0 Å². The Labute approximate surface area is 116 Å². The predicted octanol–water partition coefficient (Wildman–Crippen LogP) is 1.75. The summed E-state index contributed by atoms with van der Waals surface area (Å²) in [5, 5.41) is 20.1. The Morgan fingerprint density at radius 1 is 1.30 bits per heavy atom. The number of piperidine rings is 1. The van der Waals surface area contributed by atoms with Gasteiger partial charge in [0.05, 0.1) is 6.10 Å². The summed E-state index contributed by atoms with van der Waals surface area (Å²) in [5.74, 6) is -0.842. The number of nitrogens with zero attached hydrogens (tertiary/aromatic N) is 1. The molecule has 1 aliphatic heterocycles. The SMILES string of the molecule is O=C(O)C(c1c[nH]c2ccccc12)N1CCC(O)CC1. The average molecular weight is 274 g/mol. The molecule has 5 nitrogen and oxygen atoms in total. The maximum atomic E-state index is 11.7. The molecule has 5 heteroatoms. The van der Waals surface area contributed by atoms with E-state index in [9.17, 15) is 15.0 Å². The molecule has 1 fully saturated rings. The lowest BCUT2D eigenvalue weighted by Crippen LogP contribution is -2.41. The average Bonchev–Trinajstić information content (AvgIpc) is 2.85. The second-order valence-corrected chi connectivity index (χ2v) is 5.30. The Morgan fingerprint density at radius 3 is 2.70 bits per heavy atom. The summed E-state index contributed by atoms with van der Waals surface area (Å²) in [6, 6.07) is 7.07. The van der Waals surface area contributed by atoms with Gasteiger partial charge in [0.2, 0.25) is 0 Å². The largest absolute Gasteiger partial charge is 0.480 e. The molecule has 1 aromatic heterocycles. The highest BCUT2D eigenvalue weighted by atomic mass is 16.4. The Kier molecular flexibility index (Phi) is 3.46. The highest BCUT2D eigenvalue weighted by molar-refractivity contribution is 5.89. The smallest absolute Gasteiger partial charge is 0.325 e. The van der Waals surface area contributed by atoms with E-state index in [1.807, 2.05) is 29.2 Å². The number of carboxylic acids is 1. The molecule has 1 aromatic carbocycles. The predicted molar refractivity (Wildman–Crippen MR) is 75.5 cm³/mol. The number of nitrogens with one attached hydrogen (secondary N) is 1. The first kappa shape index (κ1) is 13.1. The minimum atomic E-state index is -0.842. The van der Waals surface area contributed by atoms with E-state index in [-0.39, 0.29) is 6.10 Å². The molecule has 2 aromatic rings. The number of H-pyrrole nitrogens is 1. The van der Waals surface area contributed by atoms with E-state index in [0.29, 0.717) is 25.9 Å². The molecule has 1 aliphatic rings. The van der Waals surface area contributed by atoms with Crippen molar-refractivity contribution < 1.29 is 15.0 Å². The topological polar surface area (TPSA) is 76.6 Å². The summed E-state index contributed by atoms with van der Waals surface area (Å²) >= 11 is 0. The monoisotopic (exact) mass is 274 g/mol. The van der Waals surface area contributed by atoms with Crippen molar-refractivity contribution in [1.29, 1.82) is 0 Å². The van der Waals surface area contributed by atoms with Crippen molar-refractivity contribution in [1.82, 2.24) is 9.88 Å². The van der Waals surface area contributed by atoms with Crippen molar-refractivity contribution in [3.63, 3.8) is 0 Å². The normalized spacial score (nSPS) is 19.2. The van der Waals surface area contributed by atoms with Crippen LogP contribution in [0.4, 0.5) is 0 Å². The van der Waals surface area contributed by atoms with Gasteiger partial charge in [-0.25, -0.2) is 0 Å². The Balaban J connectivity index is 1.96. The van der Waals surface area contributed by atoms with E-state index < -0.39 is 12.0 Å². The Hall–Kier alpha value is -1.85. The highest BCUT2D eigenvalue weighted by Gasteiger charge is 2.32. The molecule has 20 heavy (non-hydrogen) atoms. The number of hydrogen-bond donors (Lipinski definition) is 3. The standard InChI is InChI=1S/C15H18N2O3/c18-10-5-7-17(8-6-10)14(15(19)20)12-9-16-13-4-2-1-3-11(12)13/h1-4,9-10,14,16,18H,5-8H2,(H,19,20). The summed E-state index contributed by atoms with van der Waals surface area (Å²) in [4.78, 5) is 16.8. The van der Waals surface area contributed by atoms with Gasteiger partial charge in [0, 0.05) is 35.8 Å². The molecule has 0 saturated carbocycles. The number of rotatable bonds is 3. The lowest BCUT2D eigenvalue weighted by molar-refractivity contribution is -0.144. The second-order valence-electron chi connectivity index (χ2n) is 5.30. The number of benzene rings is 1. The summed E-state index contributed by atoms with van der Waals surface area (Å²) in [6.45, 7) is 1.22. The van der Waals surface area contributed by atoms with Gasteiger partial charge in [-0.3, -0.25) is 9.69 Å².